The lowest BCUT2D eigenvalue weighted by Gasteiger charge is -2.34. The predicted octanol–water partition coefficient (Wildman–Crippen LogP) is 2.85. The normalized spacial score (nSPS) is 23.2. The zero-order valence-electron chi connectivity index (χ0n) is 10.6. The van der Waals surface area contributed by atoms with Gasteiger partial charge in [-0.05, 0) is 51.0 Å². The number of nitrogens with one attached hydrogen (secondary N) is 1. The van der Waals surface area contributed by atoms with Crippen molar-refractivity contribution in [3.05, 3.63) is 10.4 Å². The first-order chi connectivity index (χ1) is 7.90. The van der Waals surface area contributed by atoms with Gasteiger partial charge in [-0.25, -0.2) is 4.79 Å². The molecule has 0 saturated heterocycles. The minimum absolute atomic E-state index is 0.365. The second kappa shape index (κ2) is 5.77. The van der Waals surface area contributed by atoms with Gasteiger partial charge in [0.2, 0.25) is 0 Å². The van der Waals surface area contributed by atoms with Crippen LogP contribution in [0.25, 0.3) is 10.4 Å². The van der Waals surface area contributed by atoms with E-state index >= 15 is 0 Å². The Morgan fingerprint density at radius 3 is 2.65 bits per heavy atom. The second-order valence-corrected chi connectivity index (χ2v) is 5.50. The van der Waals surface area contributed by atoms with Crippen molar-refractivity contribution >= 4 is 6.09 Å². The van der Waals surface area contributed by atoms with Gasteiger partial charge in [0.1, 0.15) is 5.60 Å². The molecule has 0 atom stereocenters. The van der Waals surface area contributed by atoms with Gasteiger partial charge in [-0.3, -0.25) is 0 Å². The molecule has 6 nitrogen and oxygen atoms in total. The maximum atomic E-state index is 11.4. The summed E-state index contributed by atoms with van der Waals surface area (Å²) in [6, 6.07) is 0. The van der Waals surface area contributed by atoms with E-state index in [1.807, 2.05) is 20.8 Å². The van der Waals surface area contributed by atoms with Gasteiger partial charge in [-0.1, -0.05) is 5.11 Å². The molecule has 0 heterocycles. The monoisotopic (exact) mass is 240 g/mol. The van der Waals surface area contributed by atoms with E-state index in [-0.39, 0.29) is 6.09 Å². The van der Waals surface area contributed by atoms with Crippen LogP contribution < -0.4 is 5.32 Å². The fraction of sp³-hybridized carbons (Fsp3) is 0.909. The van der Waals surface area contributed by atoms with Crippen LogP contribution >= 0.6 is 0 Å². The van der Waals surface area contributed by atoms with Crippen LogP contribution in [-0.4, -0.2) is 24.8 Å². The van der Waals surface area contributed by atoms with Gasteiger partial charge in [-0.15, -0.1) is 0 Å². The Hall–Kier alpha value is -1.42. The molecule has 0 spiro atoms. The summed E-state index contributed by atoms with van der Waals surface area (Å²) in [6.45, 7) is 6.73. The van der Waals surface area contributed by atoms with Crippen molar-refractivity contribution in [2.24, 2.45) is 17.0 Å². The van der Waals surface area contributed by atoms with Gasteiger partial charge in [0.15, 0.2) is 0 Å². The number of amides is 1. The molecule has 1 rings (SSSR count). The molecule has 0 unspecified atom stereocenters. The third kappa shape index (κ3) is 5.45. The Morgan fingerprint density at radius 2 is 2.12 bits per heavy atom. The van der Waals surface area contributed by atoms with Crippen LogP contribution in [0.15, 0.2) is 5.11 Å². The third-order valence-corrected chi connectivity index (χ3v) is 2.67. The standard InChI is InChI=1S/C11H20N4O2/c1-11(2,3)17-10(16)13-6-8-4-9(5-8)7-14-15-12/h8-9H,4-7H2,1-3H3,(H,13,16). The Balaban J connectivity index is 2.09. The second-order valence-electron chi connectivity index (χ2n) is 5.50. The highest BCUT2D eigenvalue weighted by atomic mass is 16.6. The molecule has 1 aliphatic rings. The van der Waals surface area contributed by atoms with E-state index in [0.717, 1.165) is 12.8 Å². The SMILES string of the molecule is CC(C)(C)OC(=O)NCC1CC(CN=[N+]=[N-])C1. The van der Waals surface area contributed by atoms with E-state index < -0.39 is 5.60 Å². The van der Waals surface area contributed by atoms with E-state index in [9.17, 15) is 4.79 Å². The highest BCUT2D eigenvalue weighted by Gasteiger charge is 2.29. The lowest BCUT2D eigenvalue weighted by atomic mass is 9.75. The van der Waals surface area contributed by atoms with E-state index in [2.05, 4.69) is 15.3 Å². The molecule has 0 aromatic heterocycles. The van der Waals surface area contributed by atoms with Gasteiger partial charge in [0.05, 0.1) is 0 Å². The van der Waals surface area contributed by atoms with Crippen LogP contribution in [0.2, 0.25) is 0 Å². The molecular weight excluding hydrogens is 220 g/mol. The van der Waals surface area contributed by atoms with E-state index in [4.69, 9.17) is 10.3 Å². The molecule has 17 heavy (non-hydrogen) atoms. The number of rotatable bonds is 4. The van der Waals surface area contributed by atoms with Gasteiger partial charge >= 0.3 is 6.09 Å². The molecule has 0 radical (unpaired) electrons. The third-order valence-electron chi connectivity index (χ3n) is 2.67. The van der Waals surface area contributed by atoms with Crippen molar-refractivity contribution in [2.75, 3.05) is 13.1 Å². The average molecular weight is 240 g/mol. The number of azide groups is 1. The van der Waals surface area contributed by atoms with E-state index in [0.29, 0.717) is 24.9 Å². The fourth-order valence-electron chi connectivity index (χ4n) is 1.88. The number of nitrogens with zero attached hydrogens (tertiary/aromatic N) is 3. The first kappa shape index (κ1) is 13.6. The van der Waals surface area contributed by atoms with Crippen LogP contribution in [-0.2, 0) is 4.74 Å². The van der Waals surface area contributed by atoms with Crippen LogP contribution in [0.5, 0.6) is 0 Å². The molecule has 1 saturated carbocycles. The fourth-order valence-corrected chi connectivity index (χ4v) is 1.88. The van der Waals surface area contributed by atoms with Crippen LogP contribution in [0, 0.1) is 11.8 Å². The molecule has 96 valence electrons. The highest BCUT2D eigenvalue weighted by molar-refractivity contribution is 5.67. The van der Waals surface area contributed by atoms with Crippen LogP contribution in [0.4, 0.5) is 4.79 Å². The van der Waals surface area contributed by atoms with Crippen molar-refractivity contribution < 1.29 is 9.53 Å². The lowest BCUT2D eigenvalue weighted by Crippen LogP contribution is -2.39. The molecule has 0 aromatic carbocycles. The molecule has 6 heteroatoms. The first-order valence-electron chi connectivity index (χ1n) is 5.88. The van der Waals surface area contributed by atoms with Crippen molar-refractivity contribution in [1.82, 2.24) is 5.32 Å². The summed E-state index contributed by atoms with van der Waals surface area (Å²) >= 11 is 0. The van der Waals surface area contributed by atoms with Gasteiger partial charge < -0.3 is 10.1 Å². The van der Waals surface area contributed by atoms with Crippen molar-refractivity contribution in [2.45, 2.75) is 39.2 Å². The first-order valence-corrected chi connectivity index (χ1v) is 5.88. The van der Waals surface area contributed by atoms with Crippen molar-refractivity contribution in [3.63, 3.8) is 0 Å². The number of carbonyl (C=O) groups excluding carboxylic acids is 1. The Kier molecular flexibility index (Phi) is 4.63. The Bertz CT molecular complexity index is 312. The predicted molar refractivity (Wildman–Crippen MR) is 64.5 cm³/mol. The zero-order chi connectivity index (χ0) is 12.9. The molecule has 0 bridgehead atoms. The molecular formula is C11H20N4O2. The Labute approximate surface area is 101 Å². The maximum Gasteiger partial charge on any atom is 0.407 e. The largest absolute Gasteiger partial charge is 0.444 e. The van der Waals surface area contributed by atoms with Crippen molar-refractivity contribution in [3.8, 4) is 0 Å². The van der Waals surface area contributed by atoms with Gasteiger partial charge in [0.25, 0.3) is 0 Å². The van der Waals surface area contributed by atoms with E-state index in [1.165, 1.54) is 0 Å². The topological polar surface area (TPSA) is 87.1 Å². The smallest absolute Gasteiger partial charge is 0.407 e. The van der Waals surface area contributed by atoms with Crippen LogP contribution in [0.3, 0.4) is 0 Å². The molecule has 1 aliphatic carbocycles. The lowest BCUT2D eigenvalue weighted by molar-refractivity contribution is 0.0499. The summed E-state index contributed by atoms with van der Waals surface area (Å²) in [7, 11) is 0. The van der Waals surface area contributed by atoms with Crippen LogP contribution in [0.1, 0.15) is 33.6 Å². The summed E-state index contributed by atoms with van der Waals surface area (Å²) < 4.78 is 5.13. The van der Waals surface area contributed by atoms with Gasteiger partial charge in [0, 0.05) is 18.0 Å². The summed E-state index contributed by atoms with van der Waals surface area (Å²) in [6.07, 6.45) is 1.65. The number of ether oxygens (including phenoxy) is 1. The number of carbonyl (C=O) groups is 1. The quantitative estimate of drug-likeness (QED) is 0.465. The molecule has 1 N–H and O–H groups in total. The van der Waals surface area contributed by atoms with E-state index in [1.54, 1.807) is 0 Å². The highest BCUT2D eigenvalue weighted by Crippen LogP contribution is 2.33. The number of alkyl carbamates (subject to hydrolysis) is 1. The summed E-state index contributed by atoms with van der Waals surface area (Å²) in [5, 5.41) is 6.29. The minimum atomic E-state index is -0.451. The number of hydrogen-bond acceptors (Lipinski definition) is 3. The molecule has 0 aromatic rings. The summed E-state index contributed by atoms with van der Waals surface area (Å²) in [4.78, 5) is 14.1. The molecule has 0 aliphatic heterocycles. The zero-order valence-corrected chi connectivity index (χ0v) is 10.6. The average Bonchev–Trinajstić information content (AvgIpc) is 2.11. The summed E-state index contributed by atoms with van der Waals surface area (Å²) in [5.74, 6) is 0.970. The summed E-state index contributed by atoms with van der Waals surface area (Å²) in [5.41, 5.74) is 7.72. The van der Waals surface area contributed by atoms with Gasteiger partial charge in [-0.2, -0.15) is 0 Å². The Morgan fingerprint density at radius 1 is 1.47 bits per heavy atom. The molecule has 1 fully saturated rings. The van der Waals surface area contributed by atoms with Crippen molar-refractivity contribution in [1.29, 1.82) is 0 Å². The minimum Gasteiger partial charge on any atom is -0.444 e. The number of hydrogen-bond donors (Lipinski definition) is 1. The molecule has 1 amide bonds. The maximum absolute atomic E-state index is 11.4.